The Morgan fingerprint density at radius 1 is 0.878 bits per heavy atom. The van der Waals surface area contributed by atoms with Crippen LogP contribution in [0.2, 0.25) is 0 Å². The van der Waals surface area contributed by atoms with Gasteiger partial charge >= 0.3 is 11.9 Å². The van der Waals surface area contributed by atoms with E-state index in [4.69, 9.17) is 14.6 Å². The van der Waals surface area contributed by atoms with Gasteiger partial charge in [-0.3, -0.25) is 9.59 Å². The molecule has 5 saturated carbocycles. The fraction of sp³-hybridized carbons (Fsp3) is 0.905. The second-order valence-electron chi connectivity index (χ2n) is 18.8. The third-order valence-electron chi connectivity index (χ3n) is 16.1. The Bertz CT molecular complexity index is 1200. The largest absolute Gasteiger partial charge is 0.464 e. The van der Waals surface area contributed by atoms with Crippen LogP contribution < -0.4 is 5.32 Å². The number of likely N-dealkylation sites (N-methyl/N-ethyl adjacent to an activating group) is 1. The van der Waals surface area contributed by atoms with Gasteiger partial charge in [0.15, 0.2) is 0 Å². The molecule has 0 aromatic carbocycles. The number of carbonyl (C=O) groups is 2. The van der Waals surface area contributed by atoms with Gasteiger partial charge in [-0.25, -0.2) is 0 Å². The zero-order chi connectivity index (χ0) is 35.8. The van der Waals surface area contributed by atoms with Gasteiger partial charge in [-0.1, -0.05) is 53.7 Å². The quantitative estimate of drug-likeness (QED) is 0.110. The molecule has 0 radical (unpaired) electrons. The second kappa shape index (κ2) is 14.9. The van der Waals surface area contributed by atoms with Crippen LogP contribution in [0.3, 0.4) is 0 Å². The summed E-state index contributed by atoms with van der Waals surface area (Å²) in [5.74, 6) is 2.66. The van der Waals surface area contributed by atoms with Crippen LogP contribution in [-0.4, -0.2) is 74.5 Å². The zero-order valence-corrected chi connectivity index (χ0v) is 32.6. The molecule has 5 aliphatic carbocycles. The Morgan fingerprint density at radius 2 is 1.63 bits per heavy atom. The third-order valence-corrected chi connectivity index (χ3v) is 16.1. The number of carbonyl (C=O) groups excluding carboxylic acids is 2. The van der Waals surface area contributed by atoms with Gasteiger partial charge in [0.2, 0.25) is 0 Å². The third kappa shape index (κ3) is 6.92. The maximum atomic E-state index is 13.1. The van der Waals surface area contributed by atoms with Gasteiger partial charge in [0.05, 0.1) is 13.2 Å². The first-order chi connectivity index (χ1) is 23.1. The molecule has 7 nitrogen and oxygen atoms in total. The summed E-state index contributed by atoms with van der Waals surface area (Å²) < 4.78 is 12.3. The minimum absolute atomic E-state index is 0.0149. The number of esters is 2. The van der Waals surface area contributed by atoms with Crippen molar-refractivity contribution in [1.82, 2.24) is 10.2 Å². The van der Waals surface area contributed by atoms with Crippen molar-refractivity contribution in [2.75, 3.05) is 46.4 Å². The Labute approximate surface area is 299 Å². The van der Waals surface area contributed by atoms with E-state index < -0.39 is 0 Å². The van der Waals surface area contributed by atoms with Crippen LogP contribution in [0.4, 0.5) is 0 Å². The lowest BCUT2D eigenvalue weighted by molar-refractivity contribution is -0.252. The van der Waals surface area contributed by atoms with Crippen molar-refractivity contribution in [1.29, 1.82) is 0 Å². The summed E-state index contributed by atoms with van der Waals surface area (Å²) in [5.41, 5.74) is 2.07. The van der Waals surface area contributed by atoms with Crippen molar-refractivity contribution >= 4 is 11.9 Å². The summed E-state index contributed by atoms with van der Waals surface area (Å²) >= 11 is 0. The Kier molecular flexibility index (Phi) is 11.8. The average Bonchev–Trinajstić information content (AvgIpc) is 3.44. The lowest BCUT2D eigenvalue weighted by atomic mass is 9.32. The monoisotopic (exact) mass is 685 g/mol. The van der Waals surface area contributed by atoms with Gasteiger partial charge in [0, 0.05) is 36.9 Å². The van der Waals surface area contributed by atoms with E-state index in [-0.39, 0.29) is 58.3 Å². The van der Waals surface area contributed by atoms with Gasteiger partial charge in [-0.15, -0.1) is 0 Å². The van der Waals surface area contributed by atoms with E-state index >= 15 is 0 Å². The van der Waals surface area contributed by atoms with E-state index in [0.717, 1.165) is 64.6 Å². The van der Waals surface area contributed by atoms with Crippen LogP contribution in [0.5, 0.6) is 0 Å². The summed E-state index contributed by atoms with van der Waals surface area (Å²) in [4.78, 5) is 27.7. The predicted octanol–water partition coefficient (Wildman–Crippen LogP) is 7.80. The number of aliphatic hydroxyl groups excluding tert-OH is 1. The first-order valence-corrected chi connectivity index (χ1v) is 20.1. The van der Waals surface area contributed by atoms with Crippen molar-refractivity contribution in [3.8, 4) is 0 Å². The van der Waals surface area contributed by atoms with Crippen molar-refractivity contribution in [2.24, 2.45) is 56.7 Å². The lowest BCUT2D eigenvalue weighted by Crippen LogP contribution is -2.67. The number of allylic oxidation sites excluding steroid dienone is 1. The van der Waals surface area contributed by atoms with Crippen LogP contribution in [-0.2, 0) is 19.1 Å². The Hall–Kier alpha value is -1.44. The molecule has 2 N–H and O–H groups in total. The number of hydrogen-bond donors (Lipinski definition) is 2. The number of nitrogens with zero attached hydrogens (tertiary/aromatic N) is 1. The van der Waals surface area contributed by atoms with E-state index in [1.54, 1.807) is 0 Å². The minimum atomic E-state index is -0.132. The van der Waals surface area contributed by atoms with Crippen LogP contribution >= 0.6 is 0 Å². The van der Waals surface area contributed by atoms with E-state index in [9.17, 15) is 9.59 Å². The van der Waals surface area contributed by atoms with Crippen LogP contribution in [0.25, 0.3) is 0 Å². The van der Waals surface area contributed by atoms with Crippen LogP contribution in [0.15, 0.2) is 12.2 Å². The fourth-order valence-corrected chi connectivity index (χ4v) is 13.3. The molecule has 10 atom stereocenters. The maximum absolute atomic E-state index is 13.1. The molecule has 4 unspecified atom stereocenters. The van der Waals surface area contributed by atoms with Crippen molar-refractivity contribution in [2.45, 2.75) is 138 Å². The van der Waals surface area contributed by atoms with E-state index in [1.807, 2.05) is 6.92 Å². The van der Waals surface area contributed by atoms with Gasteiger partial charge in [-0.05, 0) is 143 Å². The van der Waals surface area contributed by atoms with Crippen LogP contribution in [0, 0.1) is 56.7 Å². The molecule has 0 amide bonds. The normalized spacial score (nSPS) is 40.9. The van der Waals surface area contributed by atoms with Gasteiger partial charge in [0.1, 0.15) is 6.10 Å². The average molecular weight is 685 g/mol. The molecule has 0 aromatic rings. The summed E-state index contributed by atoms with van der Waals surface area (Å²) in [7, 11) is 2.09. The molecule has 49 heavy (non-hydrogen) atoms. The summed E-state index contributed by atoms with van der Waals surface area (Å²) in [6, 6.07) is 0. The molecule has 5 fully saturated rings. The number of unbranched alkanes of at least 4 members (excludes halogenated alkanes) is 1. The highest BCUT2D eigenvalue weighted by Gasteiger charge is 2.71. The first kappa shape index (κ1) is 38.8. The van der Waals surface area contributed by atoms with Gasteiger partial charge in [-0.2, -0.15) is 0 Å². The molecule has 5 rings (SSSR count). The van der Waals surface area contributed by atoms with Gasteiger partial charge < -0.3 is 24.8 Å². The molecule has 5 aliphatic rings. The molecule has 0 aromatic heterocycles. The summed E-state index contributed by atoms with van der Waals surface area (Å²) in [6.07, 6.45) is 14.0. The van der Waals surface area contributed by atoms with E-state index in [2.05, 4.69) is 65.4 Å². The lowest BCUT2D eigenvalue weighted by Gasteiger charge is -2.73. The first-order valence-electron chi connectivity index (χ1n) is 20.1. The predicted molar refractivity (Wildman–Crippen MR) is 197 cm³/mol. The number of aliphatic hydroxyl groups is 1. The fourth-order valence-electron chi connectivity index (χ4n) is 13.3. The van der Waals surface area contributed by atoms with Gasteiger partial charge in [0.25, 0.3) is 0 Å². The molecule has 0 saturated heterocycles. The number of ether oxygens (including phenoxy) is 2. The molecule has 0 bridgehead atoms. The van der Waals surface area contributed by atoms with Crippen molar-refractivity contribution in [3.63, 3.8) is 0 Å². The Balaban J connectivity index is 1.29. The maximum Gasteiger partial charge on any atom is 0.319 e. The highest BCUT2D eigenvalue weighted by Crippen LogP contribution is 2.77. The Morgan fingerprint density at radius 3 is 2.33 bits per heavy atom. The molecular formula is C42H72N2O5. The van der Waals surface area contributed by atoms with Crippen molar-refractivity contribution < 1.29 is 24.2 Å². The number of rotatable bonds is 14. The number of hydrogen-bond acceptors (Lipinski definition) is 7. The number of nitrogens with one attached hydrogen (secondary N) is 1. The zero-order valence-electron chi connectivity index (χ0n) is 32.6. The standard InChI is InChI=1S/C42H72N2O5/c1-10-35(46)49-34-17-18-39(6)32(38(34,4)5)16-19-41(8)33(39)14-13-31-37-30(29(2)3)15-20-42(37,22-21-40(31,41)7)28-48-36(47)27-43-23-25-44(9)24-11-12-26-45/h30-34,37,43,45H,2,10-28H2,1,3-9H3/t30-,31?,32?,33?,34-,37?,39-,40+,41+,42+/m0/s1. The summed E-state index contributed by atoms with van der Waals surface area (Å²) in [5, 5.41) is 12.3. The molecule has 7 heteroatoms. The molecule has 0 spiro atoms. The minimum Gasteiger partial charge on any atom is -0.464 e. The highest BCUT2D eigenvalue weighted by atomic mass is 16.5. The SMILES string of the molecule is C=C(C)[C@@H]1CC[C@]2(COC(=O)CNCCN(C)CCCCO)CC[C@]3(C)C(CCC4[C@@]5(C)CC[C@H](OC(=O)CC)C(C)(C)C5CC[C@]43C)C12. The van der Waals surface area contributed by atoms with E-state index in [0.29, 0.717) is 42.6 Å². The summed E-state index contributed by atoms with van der Waals surface area (Å²) in [6.45, 7) is 25.0. The van der Waals surface area contributed by atoms with E-state index in [1.165, 1.54) is 37.7 Å². The molecule has 280 valence electrons. The molecule has 0 aliphatic heterocycles. The topological polar surface area (TPSA) is 88.1 Å². The number of fused-ring (bicyclic) bond motifs is 7. The van der Waals surface area contributed by atoms with Crippen LogP contribution in [0.1, 0.15) is 132 Å². The molecular weight excluding hydrogens is 612 g/mol. The van der Waals surface area contributed by atoms with Crippen molar-refractivity contribution in [3.05, 3.63) is 12.2 Å². The second-order valence-corrected chi connectivity index (χ2v) is 18.8. The molecule has 0 heterocycles. The smallest absolute Gasteiger partial charge is 0.319 e. The highest BCUT2D eigenvalue weighted by molar-refractivity contribution is 5.71.